The first-order chi connectivity index (χ1) is 21.4. The van der Waals surface area contributed by atoms with E-state index in [1.165, 1.54) is 12.8 Å². The summed E-state index contributed by atoms with van der Waals surface area (Å²) in [6.07, 6.45) is 5.58. The minimum absolute atomic E-state index is 0.118. The average molecular weight is 661 g/mol. The summed E-state index contributed by atoms with van der Waals surface area (Å²) in [5.74, 6) is 0.936. The number of ether oxygens (including phenoxy) is 3. The van der Waals surface area contributed by atoms with Crippen LogP contribution in [0.15, 0.2) is 95.5 Å². The Morgan fingerprint density at radius 3 is 2.25 bits per heavy atom. The molecule has 0 bridgehead atoms. The molecule has 4 rings (SSSR count). The molecule has 0 unspecified atom stereocenters. The number of unbranched alkanes of at least 4 members (excludes halogenated alkanes) is 4. The fourth-order valence-corrected chi connectivity index (χ4v) is 5.11. The van der Waals surface area contributed by atoms with Crippen molar-refractivity contribution in [2.75, 3.05) is 13.7 Å². The molecule has 2 N–H and O–H groups in total. The van der Waals surface area contributed by atoms with Crippen molar-refractivity contribution in [3.8, 4) is 34.1 Å². The van der Waals surface area contributed by atoms with Crippen molar-refractivity contribution in [2.45, 2.75) is 51.5 Å². The van der Waals surface area contributed by atoms with E-state index < -0.39 is 17.9 Å². The van der Waals surface area contributed by atoms with Gasteiger partial charge >= 0.3 is 5.97 Å². The molecule has 0 aromatic heterocycles. The van der Waals surface area contributed by atoms with Gasteiger partial charge < -0.3 is 24.6 Å². The third-order valence-electron chi connectivity index (χ3n) is 7.17. The number of carbonyl (C=O) groups excluding carboxylic acids is 1. The number of carboxylic acids is 1. The maximum atomic E-state index is 13.3. The molecule has 0 aliphatic carbocycles. The third kappa shape index (κ3) is 9.35. The highest BCUT2D eigenvalue weighted by molar-refractivity contribution is 9.10. The molecule has 1 amide bonds. The predicted molar refractivity (Wildman–Crippen MR) is 176 cm³/mol. The van der Waals surface area contributed by atoms with Gasteiger partial charge in [0, 0.05) is 16.5 Å². The van der Waals surface area contributed by atoms with Crippen LogP contribution in [0.4, 0.5) is 0 Å². The Kier molecular flexibility index (Phi) is 12.2. The lowest BCUT2D eigenvalue weighted by Gasteiger charge is -2.17. The lowest BCUT2D eigenvalue weighted by atomic mass is 9.99. The van der Waals surface area contributed by atoms with Crippen molar-refractivity contribution in [3.05, 3.63) is 107 Å². The molecule has 0 aliphatic heterocycles. The van der Waals surface area contributed by atoms with E-state index in [4.69, 9.17) is 14.2 Å². The first-order valence-corrected chi connectivity index (χ1v) is 15.6. The van der Waals surface area contributed by atoms with Gasteiger partial charge in [-0.05, 0) is 66.1 Å². The molecule has 4 aromatic rings. The number of methoxy groups -OCH3 is 1. The van der Waals surface area contributed by atoms with Crippen LogP contribution < -0.4 is 19.5 Å². The van der Waals surface area contributed by atoms with E-state index >= 15 is 0 Å². The van der Waals surface area contributed by atoms with Crippen molar-refractivity contribution < 1.29 is 28.9 Å². The minimum Gasteiger partial charge on any atom is -0.497 e. The molecule has 0 spiro atoms. The van der Waals surface area contributed by atoms with Gasteiger partial charge in [-0.15, -0.1) is 0 Å². The van der Waals surface area contributed by atoms with Crippen molar-refractivity contribution in [1.82, 2.24) is 5.32 Å². The Balaban J connectivity index is 1.43. The summed E-state index contributed by atoms with van der Waals surface area (Å²) >= 11 is 3.41. The van der Waals surface area contributed by atoms with Crippen molar-refractivity contribution in [3.63, 3.8) is 0 Å². The third-order valence-corrected chi connectivity index (χ3v) is 7.67. The van der Waals surface area contributed by atoms with Crippen molar-refractivity contribution in [1.29, 1.82) is 0 Å². The SMILES string of the molecule is CCCCCCCOc1ccc(Br)cc1C(=O)N[C@@H](Cc1ccc(-c2ccccc2Oc2ccc(OC)cc2)cc1)C(=O)O. The van der Waals surface area contributed by atoms with E-state index in [9.17, 15) is 14.7 Å². The van der Waals surface area contributed by atoms with Gasteiger partial charge in [0.2, 0.25) is 0 Å². The molecule has 0 heterocycles. The average Bonchev–Trinajstić information content (AvgIpc) is 3.04. The largest absolute Gasteiger partial charge is 0.497 e. The molecule has 44 heavy (non-hydrogen) atoms. The van der Waals surface area contributed by atoms with E-state index in [0.29, 0.717) is 33.9 Å². The van der Waals surface area contributed by atoms with E-state index in [2.05, 4.69) is 28.2 Å². The monoisotopic (exact) mass is 659 g/mol. The second-order valence-corrected chi connectivity index (χ2v) is 11.4. The molecular formula is C36H38BrNO6. The molecule has 0 saturated heterocycles. The molecule has 4 aromatic carbocycles. The summed E-state index contributed by atoms with van der Waals surface area (Å²) in [4.78, 5) is 25.5. The first-order valence-electron chi connectivity index (χ1n) is 14.8. The van der Waals surface area contributed by atoms with Gasteiger partial charge in [-0.3, -0.25) is 4.79 Å². The first kappa shape index (κ1) is 32.6. The number of para-hydroxylation sites is 1. The normalized spacial score (nSPS) is 11.4. The van der Waals surface area contributed by atoms with Gasteiger partial charge in [0.05, 0.1) is 19.3 Å². The topological polar surface area (TPSA) is 94.1 Å². The molecule has 0 saturated carbocycles. The lowest BCUT2D eigenvalue weighted by Crippen LogP contribution is -2.42. The number of benzene rings is 4. The number of aliphatic carboxylic acids is 1. The van der Waals surface area contributed by atoms with E-state index in [-0.39, 0.29) is 6.42 Å². The van der Waals surface area contributed by atoms with Gasteiger partial charge in [0.1, 0.15) is 29.0 Å². The number of halogens is 1. The smallest absolute Gasteiger partial charge is 0.326 e. The molecular weight excluding hydrogens is 622 g/mol. The second kappa shape index (κ2) is 16.5. The van der Waals surface area contributed by atoms with Gasteiger partial charge in [-0.1, -0.05) is 91.0 Å². The van der Waals surface area contributed by atoms with E-state index in [1.54, 1.807) is 25.3 Å². The quantitative estimate of drug-likeness (QED) is 0.117. The highest BCUT2D eigenvalue weighted by atomic mass is 79.9. The maximum absolute atomic E-state index is 13.3. The Labute approximate surface area is 267 Å². The lowest BCUT2D eigenvalue weighted by molar-refractivity contribution is -0.139. The number of carboxylic acid groups (broad SMARTS) is 1. The Morgan fingerprint density at radius 1 is 0.841 bits per heavy atom. The molecule has 0 radical (unpaired) electrons. The summed E-state index contributed by atoms with van der Waals surface area (Å²) in [6.45, 7) is 2.67. The van der Waals surface area contributed by atoms with Crippen LogP contribution in [0.3, 0.4) is 0 Å². The zero-order valence-corrected chi connectivity index (χ0v) is 26.6. The Bertz CT molecular complexity index is 1520. The van der Waals surface area contributed by atoms with Crippen molar-refractivity contribution >= 4 is 27.8 Å². The fraction of sp³-hybridized carbons (Fsp3) is 0.278. The van der Waals surface area contributed by atoms with Gasteiger partial charge in [0.25, 0.3) is 5.91 Å². The number of hydrogen-bond acceptors (Lipinski definition) is 5. The molecule has 230 valence electrons. The van der Waals surface area contributed by atoms with Crippen LogP contribution in [0.2, 0.25) is 0 Å². The van der Waals surface area contributed by atoms with Crippen molar-refractivity contribution in [2.24, 2.45) is 0 Å². The van der Waals surface area contributed by atoms with Crippen LogP contribution in [0, 0.1) is 0 Å². The number of hydrogen-bond donors (Lipinski definition) is 2. The van der Waals surface area contributed by atoms with E-state index in [0.717, 1.165) is 41.7 Å². The van der Waals surface area contributed by atoms with Gasteiger partial charge in [-0.25, -0.2) is 4.79 Å². The number of carbonyl (C=O) groups is 2. The van der Waals surface area contributed by atoms with Gasteiger partial charge in [-0.2, -0.15) is 0 Å². The van der Waals surface area contributed by atoms with Crippen LogP contribution >= 0.6 is 15.9 Å². The summed E-state index contributed by atoms with van der Waals surface area (Å²) in [5, 5.41) is 12.7. The van der Waals surface area contributed by atoms with Crippen LogP contribution in [-0.2, 0) is 11.2 Å². The van der Waals surface area contributed by atoms with Gasteiger partial charge in [0.15, 0.2) is 0 Å². The molecule has 8 heteroatoms. The zero-order valence-electron chi connectivity index (χ0n) is 25.1. The minimum atomic E-state index is -1.13. The summed E-state index contributed by atoms with van der Waals surface area (Å²) in [7, 11) is 1.62. The zero-order chi connectivity index (χ0) is 31.3. The Hall–Kier alpha value is -4.30. The van der Waals surface area contributed by atoms with Crippen LogP contribution in [0.25, 0.3) is 11.1 Å². The molecule has 7 nitrogen and oxygen atoms in total. The van der Waals surface area contributed by atoms with Crippen LogP contribution in [0.5, 0.6) is 23.0 Å². The highest BCUT2D eigenvalue weighted by Crippen LogP contribution is 2.34. The molecule has 0 fully saturated rings. The number of rotatable bonds is 16. The van der Waals surface area contributed by atoms with Crippen LogP contribution in [0.1, 0.15) is 54.9 Å². The number of amides is 1. The highest BCUT2D eigenvalue weighted by Gasteiger charge is 2.23. The second-order valence-electron chi connectivity index (χ2n) is 10.4. The summed E-state index contributed by atoms with van der Waals surface area (Å²) < 4.78 is 18.0. The standard InChI is InChI=1S/C36H38BrNO6/c1-3-4-5-6-9-22-43-33-21-16-27(37)24-31(33)35(39)38-32(36(40)41)23-25-12-14-26(15-13-25)30-10-7-8-11-34(30)44-29-19-17-28(42-2)18-20-29/h7-8,10-21,24,32H,3-6,9,22-23H2,1-2H3,(H,38,39)(H,40,41)/t32-/m0/s1. The fourth-order valence-electron chi connectivity index (χ4n) is 4.75. The summed E-state index contributed by atoms with van der Waals surface area (Å²) in [5.41, 5.74) is 2.88. The maximum Gasteiger partial charge on any atom is 0.326 e. The predicted octanol–water partition coefficient (Wildman–Crippen LogP) is 8.69. The molecule has 0 aliphatic rings. The van der Waals surface area contributed by atoms with E-state index in [1.807, 2.05) is 72.8 Å². The number of nitrogens with one attached hydrogen (secondary N) is 1. The summed E-state index contributed by atoms with van der Waals surface area (Å²) in [6, 6.07) is 26.7. The molecule has 1 atom stereocenters. The Morgan fingerprint density at radius 2 is 1.55 bits per heavy atom. The van der Waals surface area contributed by atoms with Crippen LogP contribution in [-0.4, -0.2) is 36.7 Å².